The number of hydrogen-bond donors (Lipinski definition) is 2. The summed E-state index contributed by atoms with van der Waals surface area (Å²) in [5, 5.41) is 0. The first-order chi connectivity index (χ1) is 7.65. The van der Waals surface area contributed by atoms with Gasteiger partial charge in [-0.2, -0.15) is 0 Å². The third kappa shape index (κ3) is 3.97. The first-order valence-corrected chi connectivity index (χ1v) is 6.46. The fraction of sp³-hybridized carbons (Fsp3) is 0.769. The van der Waals surface area contributed by atoms with E-state index in [9.17, 15) is 0 Å². The zero-order valence-corrected chi connectivity index (χ0v) is 10.8. The molecule has 0 aliphatic carbocycles. The van der Waals surface area contributed by atoms with E-state index in [2.05, 4.69) is 16.9 Å². The molecule has 1 unspecified atom stereocenters. The molecule has 92 valence electrons. The van der Waals surface area contributed by atoms with Gasteiger partial charge in [0.05, 0.1) is 5.69 Å². The third-order valence-corrected chi connectivity index (χ3v) is 2.92. The predicted molar refractivity (Wildman–Crippen MR) is 68.4 cm³/mol. The summed E-state index contributed by atoms with van der Waals surface area (Å²) in [6.45, 7) is 6.27. The summed E-state index contributed by atoms with van der Waals surface area (Å²) in [6.07, 6.45) is 7.58. The van der Waals surface area contributed by atoms with Gasteiger partial charge in [0.15, 0.2) is 0 Å². The van der Waals surface area contributed by atoms with Crippen molar-refractivity contribution in [2.24, 2.45) is 5.73 Å². The molecule has 3 heteroatoms. The quantitative estimate of drug-likeness (QED) is 0.697. The van der Waals surface area contributed by atoms with Crippen molar-refractivity contribution >= 4 is 0 Å². The van der Waals surface area contributed by atoms with Gasteiger partial charge in [-0.05, 0) is 20.3 Å². The number of imidazole rings is 1. The summed E-state index contributed by atoms with van der Waals surface area (Å²) in [6, 6.07) is 0.0325. The molecule has 3 nitrogen and oxygen atoms in total. The van der Waals surface area contributed by atoms with Gasteiger partial charge in [0, 0.05) is 18.2 Å². The van der Waals surface area contributed by atoms with Gasteiger partial charge in [-0.15, -0.1) is 0 Å². The molecule has 0 aliphatic heterocycles. The van der Waals surface area contributed by atoms with Crippen LogP contribution in [-0.4, -0.2) is 9.97 Å². The molecule has 0 radical (unpaired) electrons. The maximum atomic E-state index is 5.84. The fourth-order valence-electron chi connectivity index (χ4n) is 2.00. The van der Waals surface area contributed by atoms with Gasteiger partial charge in [0.1, 0.15) is 5.82 Å². The van der Waals surface area contributed by atoms with E-state index in [-0.39, 0.29) is 6.04 Å². The average molecular weight is 223 g/mol. The SMILES string of the molecule is CCCCCCCc1nc(C(C)N)c(C)[nH]1. The maximum absolute atomic E-state index is 5.84. The number of nitrogens with one attached hydrogen (secondary N) is 1. The summed E-state index contributed by atoms with van der Waals surface area (Å²) in [7, 11) is 0. The van der Waals surface area contributed by atoms with Crippen LogP contribution in [0.2, 0.25) is 0 Å². The van der Waals surface area contributed by atoms with E-state index in [1.807, 2.05) is 13.8 Å². The van der Waals surface area contributed by atoms with Crippen molar-refractivity contribution in [1.29, 1.82) is 0 Å². The number of aromatic nitrogens is 2. The summed E-state index contributed by atoms with van der Waals surface area (Å²) in [5.74, 6) is 1.10. The molecule has 0 saturated carbocycles. The van der Waals surface area contributed by atoms with E-state index < -0.39 is 0 Å². The molecule has 1 aromatic rings. The van der Waals surface area contributed by atoms with E-state index in [0.717, 1.165) is 23.6 Å². The Labute approximate surface area is 98.8 Å². The van der Waals surface area contributed by atoms with Crippen molar-refractivity contribution in [3.05, 3.63) is 17.2 Å². The summed E-state index contributed by atoms with van der Waals surface area (Å²) < 4.78 is 0. The van der Waals surface area contributed by atoms with Crippen molar-refractivity contribution in [1.82, 2.24) is 9.97 Å². The monoisotopic (exact) mass is 223 g/mol. The molecule has 1 rings (SSSR count). The minimum atomic E-state index is 0.0325. The molecule has 0 aromatic carbocycles. The van der Waals surface area contributed by atoms with Crippen LogP contribution < -0.4 is 5.73 Å². The second-order valence-electron chi connectivity index (χ2n) is 4.65. The van der Waals surface area contributed by atoms with Crippen LogP contribution in [0, 0.1) is 6.92 Å². The average Bonchev–Trinajstić information content (AvgIpc) is 2.59. The van der Waals surface area contributed by atoms with Gasteiger partial charge < -0.3 is 10.7 Å². The largest absolute Gasteiger partial charge is 0.346 e. The zero-order chi connectivity index (χ0) is 12.0. The lowest BCUT2D eigenvalue weighted by atomic mass is 10.1. The Hall–Kier alpha value is -0.830. The van der Waals surface area contributed by atoms with Gasteiger partial charge in [0.25, 0.3) is 0 Å². The maximum Gasteiger partial charge on any atom is 0.106 e. The Morgan fingerprint density at radius 1 is 1.25 bits per heavy atom. The molecule has 16 heavy (non-hydrogen) atoms. The highest BCUT2D eigenvalue weighted by atomic mass is 15.0. The second kappa shape index (κ2) is 6.69. The number of H-pyrrole nitrogens is 1. The highest BCUT2D eigenvalue weighted by molar-refractivity contribution is 5.16. The Kier molecular flexibility index (Phi) is 5.53. The number of nitrogens with two attached hydrogens (primary N) is 1. The molecule has 0 aliphatic rings. The van der Waals surface area contributed by atoms with Crippen LogP contribution in [0.15, 0.2) is 0 Å². The van der Waals surface area contributed by atoms with Gasteiger partial charge in [0.2, 0.25) is 0 Å². The van der Waals surface area contributed by atoms with Crippen LogP contribution in [0.4, 0.5) is 0 Å². The number of aryl methyl sites for hydroxylation is 2. The minimum absolute atomic E-state index is 0.0325. The third-order valence-electron chi connectivity index (χ3n) is 2.92. The summed E-state index contributed by atoms with van der Waals surface area (Å²) in [4.78, 5) is 7.87. The van der Waals surface area contributed by atoms with E-state index in [1.165, 1.54) is 32.1 Å². The number of hydrogen-bond acceptors (Lipinski definition) is 2. The van der Waals surface area contributed by atoms with Crippen molar-refractivity contribution in [3.63, 3.8) is 0 Å². The number of unbranched alkanes of at least 4 members (excludes halogenated alkanes) is 4. The standard InChI is InChI=1S/C13H25N3/c1-4-5-6-7-8-9-12-15-11(3)13(16-12)10(2)14/h10H,4-9,14H2,1-3H3,(H,15,16). The van der Waals surface area contributed by atoms with Crippen LogP contribution in [-0.2, 0) is 6.42 Å². The minimum Gasteiger partial charge on any atom is -0.346 e. The van der Waals surface area contributed by atoms with Gasteiger partial charge in [-0.3, -0.25) is 0 Å². The topological polar surface area (TPSA) is 54.7 Å². The Bertz CT molecular complexity index is 302. The van der Waals surface area contributed by atoms with E-state index >= 15 is 0 Å². The molecule has 0 spiro atoms. The summed E-state index contributed by atoms with van der Waals surface area (Å²) in [5.41, 5.74) is 7.98. The van der Waals surface area contributed by atoms with Crippen LogP contribution >= 0.6 is 0 Å². The van der Waals surface area contributed by atoms with E-state index in [1.54, 1.807) is 0 Å². The molecular weight excluding hydrogens is 198 g/mol. The molecule has 1 aromatic heterocycles. The lowest BCUT2D eigenvalue weighted by Gasteiger charge is -2.00. The highest BCUT2D eigenvalue weighted by Crippen LogP contribution is 2.14. The van der Waals surface area contributed by atoms with Crippen molar-refractivity contribution in [2.75, 3.05) is 0 Å². The number of rotatable bonds is 7. The van der Waals surface area contributed by atoms with Crippen LogP contribution in [0.3, 0.4) is 0 Å². The van der Waals surface area contributed by atoms with Gasteiger partial charge in [-0.25, -0.2) is 4.98 Å². The molecule has 0 bridgehead atoms. The van der Waals surface area contributed by atoms with Crippen molar-refractivity contribution in [3.8, 4) is 0 Å². The molecule has 0 amide bonds. The second-order valence-corrected chi connectivity index (χ2v) is 4.65. The first kappa shape index (κ1) is 13.2. The lowest BCUT2D eigenvalue weighted by Crippen LogP contribution is -2.06. The highest BCUT2D eigenvalue weighted by Gasteiger charge is 2.09. The normalized spacial score (nSPS) is 13.0. The molecule has 1 atom stereocenters. The Balaban J connectivity index is 2.34. The van der Waals surface area contributed by atoms with E-state index in [0.29, 0.717) is 0 Å². The lowest BCUT2D eigenvalue weighted by molar-refractivity contribution is 0.623. The van der Waals surface area contributed by atoms with Gasteiger partial charge >= 0.3 is 0 Å². The molecule has 1 heterocycles. The van der Waals surface area contributed by atoms with Crippen molar-refractivity contribution < 1.29 is 0 Å². The molecule has 3 N–H and O–H groups in total. The molecular formula is C13H25N3. The zero-order valence-electron chi connectivity index (χ0n) is 10.8. The fourth-order valence-corrected chi connectivity index (χ4v) is 2.00. The molecule has 0 fully saturated rings. The van der Waals surface area contributed by atoms with Crippen molar-refractivity contribution in [2.45, 2.75) is 65.3 Å². The Morgan fingerprint density at radius 3 is 2.50 bits per heavy atom. The van der Waals surface area contributed by atoms with E-state index in [4.69, 9.17) is 5.73 Å². The van der Waals surface area contributed by atoms with Crippen LogP contribution in [0.25, 0.3) is 0 Å². The van der Waals surface area contributed by atoms with Crippen LogP contribution in [0.5, 0.6) is 0 Å². The Morgan fingerprint density at radius 2 is 1.94 bits per heavy atom. The number of nitrogens with zero attached hydrogens (tertiary/aromatic N) is 1. The summed E-state index contributed by atoms with van der Waals surface area (Å²) >= 11 is 0. The molecule has 0 saturated heterocycles. The predicted octanol–water partition coefficient (Wildman–Crippen LogP) is 3.25. The van der Waals surface area contributed by atoms with Crippen LogP contribution in [0.1, 0.15) is 69.2 Å². The smallest absolute Gasteiger partial charge is 0.106 e. The first-order valence-electron chi connectivity index (χ1n) is 6.46. The number of aromatic amines is 1. The van der Waals surface area contributed by atoms with Gasteiger partial charge in [-0.1, -0.05) is 32.6 Å².